The van der Waals surface area contributed by atoms with Crippen molar-refractivity contribution in [2.24, 2.45) is 5.10 Å². The summed E-state index contributed by atoms with van der Waals surface area (Å²) in [4.78, 5) is 15.3. The summed E-state index contributed by atoms with van der Waals surface area (Å²) in [6, 6.07) is 6.14. The van der Waals surface area contributed by atoms with E-state index in [1.807, 2.05) is 26.0 Å². The number of aryl methyl sites for hydroxylation is 2. The Kier molecular flexibility index (Phi) is 4.43. The Morgan fingerprint density at radius 2 is 2.14 bits per heavy atom. The van der Waals surface area contributed by atoms with Crippen LogP contribution < -0.4 is 5.43 Å². The fraction of sp³-hybridized carbons (Fsp3) is 0.375. The number of hydrazone groups is 1. The number of H-pyrrole nitrogens is 1. The SMILES string of the molecule is CC(=NNC(=O)Cc1c(C)[nH]c2ccc(C)cc12)C(C)O. The Morgan fingerprint density at radius 3 is 2.81 bits per heavy atom. The molecule has 1 unspecified atom stereocenters. The van der Waals surface area contributed by atoms with Crippen LogP contribution in [-0.2, 0) is 11.2 Å². The topological polar surface area (TPSA) is 77.5 Å². The lowest BCUT2D eigenvalue weighted by atomic mass is 10.1. The third-order valence-corrected chi connectivity index (χ3v) is 3.57. The first-order chi connectivity index (χ1) is 9.88. The van der Waals surface area contributed by atoms with Gasteiger partial charge >= 0.3 is 0 Å². The number of amides is 1. The highest BCUT2D eigenvalue weighted by molar-refractivity contribution is 5.91. The number of rotatable bonds is 4. The van der Waals surface area contributed by atoms with Crippen molar-refractivity contribution in [2.45, 2.75) is 40.2 Å². The molecule has 0 aliphatic heterocycles. The molecule has 0 saturated heterocycles. The molecule has 5 nitrogen and oxygen atoms in total. The van der Waals surface area contributed by atoms with E-state index >= 15 is 0 Å². The first kappa shape index (κ1) is 15.3. The fourth-order valence-corrected chi connectivity index (χ4v) is 2.17. The number of nitrogens with one attached hydrogen (secondary N) is 2. The number of hydrogen-bond acceptors (Lipinski definition) is 3. The second-order valence-corrected chi connectivity index (χ2v) is 5.42. The van der Waals surface area contributed by atoms with Crippen LogP contribution in [0, 0.1) is 13.8 Å². The van der Waals surface area contributed by atoms with Gasteiger partial charge < -0.3 is 10.1 Å². The molecule has 21 heavy (non-hydrogen) atoms. The van der Waals surface area contributed by atoms with E-state index in [9.17, 15) is 9.90 Å². The first-order valence-electron chi connectivity index (χ1n) is 6.97. The molecular formula is C16H21N3O2. The molecular weight excluding hydrogens is 266 g/mol. The summed E-state index contributed by atoms with van der Waals surface area (Å²) in [6.45, 7) is 7.27. The van der Waals surface area contributed by atoms with Crippen LogP contribution >= 0.6 is 0 Å². The molecule has 5 heteroatoms. The summed E-state index contributed by atoms with van der Waals surface area (Å²) < 4.78 is 0. The predicted molar refractivity (Wildman–Crippen MR) is 84.4 cm³/mol. The van der Waals surface area contributed by atoms with Crippen LogP contribution in [0.2, 0.25) is 0 Å². The lowest BCUT2D eigenvalue weighted by Gasteiger charge is -2.05. The van der Waals surface area contributed by atoms with Gasteiger partial charge in [-0.25, -0.2) is 5.43 Å². The lowest BCUT2D eigenvalue weighted by molar-refractivity contribution is -0.120. The van der Waals surface area contributed by atoms with E-state index in [4.69, 9.17) is 0 Å². The fourth-order valence-electron chi connectivity index (χ4n) is 2.17. The van der Waals surface area contributed by atoms with Crippen molar-refractivity contribution in [3.63, 3.8) is 0 Å². The molecule has 0 aliphatic carbocycles. The zero-order valence-corrected chi connectivity index (χ0v) is 12.8. The van der Waals surface area contributed by atoms with E-state index in [1.54, 1.807) is 13.8 Å². The number of nitrogens with zero attached hydrogens (tertiary/aromatic N) is 1. The normalized spacial score (nSPS) is 13.5. The number of aliphatic hydroxyl groups is 1. The molecule has 0 radical (unpaired) electrons. The van der Waals surface area contributed by atoms with E-state index < -0.39 is 6.10 Å². The van der Waals surface area contributed by atoms with Crippen LogP contribution in [0.5, 0.6) is 0 Å². The van der Waals surface area contributed by atoms with Crippen LogP contribution in [0.3, 0.4) is 0 Å². The lowest BCUT2D eigenvalue weighted by Crippen LogP contribution is -2.24. The van der Waals surface area contributed by atoms with Crippen molar-refractivity contribution in [2.75, 3.05) is 0 Å². The number of carbonyl (C=O) groups excluding carboxylic acids is 1. The summed E-state index contributed by atoms with van der Waals surface area (Å²) in [5.74, 6) is -0.194. The van der Waals surface area contributed by atoms with Crippen LogP contribution in [0.4, 0.5) is 0 Å². The number of aromatic amines is 1. The van der Waals surface area contributed by atoms with Gasteiger partial charge in [0.2, 0.25) is 5.91 Å². The average Bonchev–Trinajstić information content (AvgIpc) is 2.72. The Balaban J connectivity index is 2.20. The van der Waals surface area contributed by atoms with Gasteiger partial charge in [-0.1, -0.05) is 11.6 Å². The van der Waals surface area contributed by atoms with Crippen molar-refractivity contribution in [1.82, 2.24) is 10.4 Å². The van der Waals surface area contributed by atoms with E-state index in [0.29, 0.717) is 5.71 Å². The molecule has 0 aliphatic rings. The minimum atomic E-state index is -0.664. The Morgan fingerprint density at radius 1 is 1.43 bits per heavy atom. The van der Waals surface area contributed by atoms with Gasteiger partial charge in [0.1, 0.15) is 0 Å². The number of aliphatic hydroxyl groups excluding tert-OH is 1. The maximum atomic E-state index is 12.0. The highest BCUT2D eigenvalue weighted by Gasteiger charge is 2.12. The summed E-state index contributed by atoms with van der Waals surface area (Å²) in [7, 11) is 0. The molecule has 3 N–H and O–H groups in total. The van der Waals surface area contributed by atoms with E-state index in [0.717, 1.165) is 27.7 Å². The number of hydrogen-bond donors (Lipinski definition) is 3. The zero-order valence-electron chi connectivity index (χ0n) is 12.8. The number of aromatic nitrogens is 1. The van der Waals surface area contributed by atoms with E-state index in [1.165, 1.54) is 0 Å². The number of carbonyl (C=O) groups is 1. The third kappa shape index (κ3) is 3.49. The standard InChI is InChI=1S/C16H21N3O2/c1-9-5-6-15-14(7-9)13(11(3)17-15)8-16(21)19-18-10(2)12(4)20/h5-7,12,17,20H,8H2,1-4H3,(H,19,21). The third-order valence-electron chi connectivity index (χ3n) is 3.57. The molecule has 1 atom stereocenters. The van der Waals surface area contributed by atoms with Crippen molar-refractivity contribution in [3.05, 3.63) is 35.0 Å². The highest BCUT2D eigenvalue weighted by atomic mass is 16.3. The van der Waals surface area contributed by atoms with Crippen molar-refractivity contribution >= 4 is 22.5 Å². The minimum Gasteiger partial charge on any atom is -0.387 e. The van der Waals surface area contributed by atoms with E-state index in [-0.39, 0.29) is 12.3 Å². The molecule has 112 valence electrons. The molecule has 1 amide bonds. The molecule has 0 bridgehead atoms. The summed E-state index contributed by atoms with van der Waals surface area (Å²) in [5, 5.41) is 14.3. The van der Waals surface area contributed by atoms with Crippen LogP contribution in [0.1, 0.15) is 30.7 Å². The second kappa shape index (κ2) is 6.10. The van der Waals surface area contributed by atoms with Crippen molar-refractivity contribution in [3.8, 4) is 0 Å². The molecule has 0 saturated carbocycles. The van der Waals surface area contributed by atoms with Crippen LogP contribution in [0.15, 0.2) is 23.3 Å². The predicted octanol–water partition coefficient (Wildman–Crippen LogP) is 2.20. The Bertz CT molecular complexity index is 699. The number of fused-ring (bicyclic) bond motifs is 1. The molecule has 1 aromatic heterocycles. The van der Waals surface area contributed by atoms with Gasteiger partial charge in [-0.05, 0) is 45.4 Å². The smallest absolute Gasteiger partial charge is 0.244 e. The molecule has 1 aromatic carbocycles. The largest absolute Gasteiger partial charge is 0.387 e. The summed E-state index contributed by atoms with van der Waals surface area (Å²) in [6.07, 6.45) is -0.408. The van der Waals surface area contributed by atoms with Gasteiger partial charge in [-0.3, -0.25) is 4.79 Å². The Labute approximate surface area is 124 Å². The second-order valence-electron chi connectivity index (χ2n) is 5.42. The van der Waals surface area contributed by atoms with Gasteiger partial charge in [0, 0.05) is 16.6 Å². The van der Waals surface area contributed by atoms with Gasteiger partial charge in [0.05, 0.1) is 18.2 Å². The maximum Gasteiger partial charge on any atom is 0.244 e. The first-order valence-corrected chi connectivity index (χ1v) is 6.97. The molecule has 1 heterocycles. The van der Waals surface area contributed by atoms with Gasteiger partial charge in [-0.2, -0.15) is 5.10 Å². The van der Waals surface area contributed by atoms with Gasteiger partial charge in [0.15, 0.2) is 0 Å². The maximum absolute atomic E-state index is 12.0. The van der Waals surface area contributed by atoms with Crippen LogP contribution in [0.25, 0.3) is 10.9 Å². The minimum absolute atomic E-state index is 0.194. The number of benzene rings is 1. The Hall–Kier alpha value is -2.14. The van der Waals surface area contributed by atoms with Crippen LogP contribution in [-0.4, -0.2) is 27.8 Å². The zero-order chi connectivity index (χ0) is 15.6. The molecule has 0 spiro atoms. The van der Waals surface area contributed by atoms with E-state index in [2.05, 4.69) is 21.6 Å². The summed E-state index contributed by atoms with van der Waals surface area (Å²) >= 11 is 0. The van der Waals surface area contributed by atoms with Gasteiger partial charge in [0.25, 0.3) is 0 Å². The molecule has 2 rings (SSSR count). The molecule has 0 fully saturated rings. The van der Waals surface area contributed by atoms with Crippen molar-refractivity contribution < 1.29 is 9.90 Å². The van der Waals surface area contributed by atoms with Crippen molar-refractivity contribution in [1.29, 1.82) is 0 Å². The molecule has 2 aromatic rings. The monoisotopic (exact) mass is 287 g/mol. The quantitative estimate of drug-likeness (QED) is 0.595. The summed E-state index contributed by atoms with van der Waals surface area (Å²) in [5.41, 5.74) is 7.13. The highest BCUT2D eigenvalue weighted by Crippen LogP contribution is 2.23. The average molecular weight is 287 g/mol. The van der Waals surface area contributed by atoms with Gasteiger partial charge in [-0.15, -0.1) is 0 Å².